The largest absolute Gasteiger partial charge is 0.396 e. The Bertz CT molecular complexity index is 305. The zero-order chi connectivity index (χ0) is 9.71. The van der Waals surface area contributed by atoms with Crippen LogP contribution in [0.4, 0.5) is 0 Å². The molecule has 0 aliphatic heterocycles. The number of Topliss-reactive ketones (excluding diaryl/α,β-unsaturated/α-hetero) is 1. The normalized spacial score (nSPS) is 44.4. The van der Waals surface area contributed by atoms with E-state index in [9.17, 15) is 4.79 Å². The number of hydrogen-bond acceptors (Lipinski definition) is 2. The summed E-state index contributed by atoms with van der Waals surface area (Å²) in [6.07, 6.45) is 6.61. The summed E-state index contributed by atoms with van der Waals surface area (Å²) in [5.41, 5.74) is 0.916. The first kappa shape index (κ1) is 8.66. The molecule has 2 bridgehead atoms. The van der Waals surface area contributed by atoms with Gasteiger partial charge in [0.05, 0.1) is 0 Å². The molecule has 14 heavy (non-hydrogen) atoms. The van der Waals surface area contributed by atoms with Crippen LogP contribution < -0.4 is 0 Å². The molecule has 2 nitrogen and oxygen atoms in total. The molecule has 4 atom stereocenters. The van der Waals surface area contributed by atoms with Crippen molar-refractivity contribution in [2.24, 2.45) is 23.7 Å². The SMILES string of the molecule is O=C1C(CCO)=C[C@@H]2[C@H]3CC[C@H](C3)[C@H]12. The molecule has 0 unspecified atom stereocenters. The third-order valence-electron chi connectivity index (χ3n) is 4.37. The molecule has 0 aromatic rings. The molecule has 0 heterocycles. The van der Waals surface area contributed by atoms with Crippen LogP contribution in [-0.4, -0.2) is 17.5 Å². The molecule has 0 aromatic carbocycles. The van der Waals surface area contributed by atoms with Crippen LogP contribution in [-0.2, 0) is 4.79 Å². The summed E-state index contributed by atoms with van der Waals surface area (Å²) >= 11 is 0. The maximum absolute atomic E-state index is 12.0. The van der Waals surface area contributed by atoms with Crippen molar-refractivity contribution in [1.82, 2.24) is 0 Å². The van der Waals surface area contributed by atoms with Crippen molar-refractivity contribution in [2.75, 3.05) is 6.61 Å². The van der Waals surface area contributed by atoms with Gasteiger partial charge in [0.15, 0.2) is 5.78 Å². The predicted octanol–water partition coefficient (Wildman–Crippen LogP) is 1.54. The van der Waals surface area contributed by atoms with Crippen LogP contribution in [0, 0.1) is 23.7 Å². The van der Waals surface area contributed by atoms with E-state index in [4.69, 9.17) is 5.11 Å². The van der Waals surface area contributed by atoms with Crippen LogP contribution in [0.2, 0.25) is 0 Å². The maximum atomic E-state index is 12.0. The van der Waals surface area contributed by atoms with Gasteiger partial charge in [-0.1, -0.05) is 6.08 Å². The molecule has 0 aromatic heterocycles. The highest BCUT2D eigenvalue weighted by molar-refractivity contribution is 6.00. The Balaban J connectivity index is 1.87. The maximum Gasteiger partial charge on any atom is 0.162 e. The molecular weight excluding hydrogens is 176 g/mol. The fourth-order valence-electron chi connectivity index (χ4n) is 3.82. The van der Waals surface area contributed by atoms with Gasteiger partial charge in [0, 0.05) is 12.5 Å². The first-order valence-corrected chi connectivity index (χ1v) is 5.67. The van der Waals surface area contributed by atoms with Gasteiger partial charge in [0.1, 0.15) is 0 Å². The summed E-state index contributed by atoms with van der Waals surface area (Å²) in [5.74, 6) is 2.67. The van der Waals surface area contributed by atoms with Crippen LogP contribution in [0.5, 0.6) is 0 Å². The van der Waals surface area contributed by atoms with Crippen molar-refractivity contribution in [3.05, 3.63) is 11.6 Å². The highest BCUT2D eigenvalue weighted by atomic mass is 16.3. The molecule has 2 fully saturated rings. The minimum atomic E-state index is 0.117. The van der Waals surface area contributed by atoms with Crippen LogP contribution in [0.3, 0.4) is 0 Å². The van der Waals surface area contributed by atoms with Crippen LogP contribution in [0.25, 0.3) is 0 Å². The number of aliphatic hydroxyl groups is 1. The lowest BCUT2D eigenvalue weighted by atomic mass is 9.81. The molecule has 3 aliphatic carbocycles. The molecule has 0 radical (unpaired) electrons. The minimum absolute atomic E-state index is 0.117. The molecular formula is C12H16O2. The Kier molecular flexibility index (Phi) is 1.81. The lowest BCUT2D eigenvalue weighted by Crippen LogP contribution is -2.23. The lowest BCUT2D eigenvalue weighted by molar-refractivity contribution is -0.120. The van der Waals surface area contributed by atoms with Crippen LogP contribution >= 0.6 is 0 Å². The number of hydrogen-bond donors (Lipinski definition) is 1. The molecule has 2 heteroatoms. The van der Waals surface area contributed by atoms with Gasteiger partial charge in [-0.05, 0) is 49.0 Å². The average molecular weight is 192 g/mol. The zero-order valence-corrected chi connectivity index (χ0v) is 8.28. The van der Waals surface area contributed by atoms with Gasteiger partial charge in [-0.3, -0.25) is 4.79 Å². The van der Waals surface area contributed by atoms with Crippen molar-refractivity contribution in [3.63, 3.8) is 0 Å². The Morgan fingerprint density at radius 2 is 2.14 bits per heavy atom. The van der Waals surface area contributed by atoms with Crippen molar-refractivity contribution >= 4 is 5.78 Å². The number of ketones is 1. The molecule has 0 saturated heterocycles. The average Bonchev–Trinajstić information content (AvgIpc) is 2.81. The van der Waals surface area contributed by atoms with Gasteiger partial charge < -0.3 is 5.11 Å². The standard InChI is InChI=1S/C12H16O2/c13-4-3-9-6-10-7-1-2-8(5-7)11(10)12(9)14/h6-8,10-11,13H,1-5H2/t7-,8+,10+,11-/m0/s1. The number of aliphatic hydroxyl groups excluding tert-OH is 1. The Morgan fingerprint density at radius 1 is 1.36 bits per heavy atom. The van der Waals surface area contributed by atoms with Gasteiger partial charge in [-0.2, -0.15) is 0 Å². The first-order chi connectivity index (χ1) is 6.81. The van der Waals surface area contributed by atoms with Crippen LogP contribution in [0.15, 0.2) is 11.6 Å². The van der Waals surface area contributed by atoms with Crippen LogP contribution in [0.1, 0.15) is 25.7 Å². The number of rotatable bonds is 2. The van der Waals surface area contributed by atoms with E-state index in [2.05, 4.69) is 6.08 Å². The van der Waals surface area contributed by atoms with Crippen molar-refractivity contribution in [3.8, 4) is 0 Å². The fraction of sp³-hybridized carbons (Fsp3) is 0.750. The predicted molar refractivity (Wildman–Crippen MR) is 52.6 cm³/mol. The van der Waals surface area contributed by atoms with Crippen molar-refractivity contribution < 1.29 is 9.90 Å². The van der Waals surface area contributed by atoms with Crippen molar-refractivity contribution in [1.29, 1.82) is 0 Å². The lowest BCUT2D eigenvalue weighted by Gasteiger charge is -2.22. The Morgan fingerprint density at radius 3 is 2.86 bits per heavy atom. The number of fused-ring (bicyclic) bond motifs is 5. The second-order valence-corrected chi connectivity index (χ2v) is 4.97. The second kappa shape index (κ2) is 2.93. The second-order valence-electron chi connectivity index (χ2n) is 4.97. The van der Waals surface area contributed by atoms with E-state index in [1.165, 1.54) is 19.3 Å². The molecule has 3 aliphatic rings. The summed E-state index contributed by atoms with van der Waals surface area (Å²) in [7, 11) is 0. The summed E-state index contributed by atoms with van der Waals surface area (Å²) < 4.78 is 0. The molecule has 2 saturated carbocycles. The Hall–Kier alpha value is -0.630. The van der Waals surface area contributed by atoms with Gasteiger partial charge in [-0.25, -0.2) is 0 Å². The summed E-state index contributed by atoms with van der Waals surface area (Å²) in [4.78, 5) is 12.0. The van der Waals surface area contributed by atoms with E-state index >= 15 is 0 Å². The highest BCUT2D eigenvalue weighted by Crippen LogP contribution is 2.56. The molecule has 0 spiro atoms. The molecule has 76 valence electrons. The Labute approximate surface area is 84.0 Å². The topological polar surface area (TPSA) is 37.3 Å². The number of carbonyl (C=O) groups is 1. The quantitative estimate of drug-likeness (QED) is 0.720. The molecule has 3 rings (SSSR count). The van der Waals surface area contributed by atoms with Crippen molar-refractivity contribution in [2.45, 2.75) is 25.7 Å². The molecule has 1 N–H and O–H groups in total. The van der Waals surface area contributed by atoms with Gasteiger partial charge in [-0.15, -0.1) is 0 Å². The summed E-state index contributed by atoms with van der Waals surface area (Å²) in [6, 6.07) is 0. The summed E-state index contributed by atoms with van der Waals surface area (Å²) in [6.45, 7) is 0.117. The third kappa shape index (κ3) is 0.977. The van der Waals surface area contributed by atoms with Gasteiger partial charge >= 0.3 is 0 Å². The number of allylic oxidation sites excluding steroid dienone is 1. The smallest absolute Gasteiger partial charge is 0.162 e. The van der Waals surface area contributed by atoms with Gasteiger partial charge in [0.25, 0.3) is 0 Å². The van der Waals surface area contributed by atoms with Gasteiger partial charge in [0.2, 0.25) is 0 Å². The summed E-state index contributed by atoms with van der Waals surface area (Å²) in [5, 5.41) is 8.86. The fourth-order valence-corrected chi connectivity index (χ4v) is 3.82. The third-order valence-corrected chi connectivity index (χ3v) is 4.37. The minimum Gasteiger partial charge on any atom is -0.396 e. The monoisotopic (exact) mass is 192 g/mol. The van der Waals surface area contributed by atoms with E-state index in [1.807, 2.05) is 0 Å². The molecule has 0 amide bonds. The van der Waals surface area contributed by atoms with E-state index < -0.39 is 0 Å². The van der Waals surface area contributed by atoms with E-state index in [0.29, 0.717) is 30.0 Å². The zero-order valence-electron chi connectivity index (χ0n) is 8.28. The first-order valence-electron chi connectivity index (χ1n) is 5.67. The van der Waals surface area contributed by atoms with E-state index in [1.54, 1.807) is 0 Å². The van der Waals surface area contributed by atoms with E-state index in [-0.39, 0.29) is 6.61 Å². The van der Waals surface area contributed by atoms with E-state index in [0.717, 1.165) is 11.5 Å². The highest BCUT2D eigenvalue weighted by Gasteiger charge is 2.52. The number of carbonyl (C=O) groups excluding carboxylic acids is 1.